The van der Waals surface area contributed by atoms with Crippen molar-refractivity contribution in [3.8, 4) is 0 Å². The predicted octanol–water partition coefficient (Wildman–Crippen LogP) is 1.81. The van der Waals surface area contributed by atoms with Crippen LogP contribution in [0.2, 0.25) is 0 Å². The summed E-state index contributed by atoms with van der Waals surface area (Å²) >= 11 is 0. The first-order chi connectivity index (χ1) is 5.74. The summed E-state index contributed by atoms with van der Waals surface area (Å²) in [6.07, 6.45) is 6.74. The molecule has 0 aromatic rings. The number of carbonyl (C=O) groups excluding carboxylic acids is 2. The third-order valence-corrected chi connectivity index (χ3v) is 1.78. The summed E-state index contributed by atoms with van der Waals surface area (Å²) < 4.78 is 0. The summed E-state index contributed by atoms with van der Waals surface area (Å²) in [4.78, 5) is 22.0. The van der Waals surface area contributed by atoms with Crippen molar-refractivity contribution in [2.45, 2.75) is 26.2 Å². The van der Waals surface area contributed by atoms with Gasteiger partial charge in [-0.25, -0.2) is 0 Å². The van der Waals surface area contributed by atoms with E-state index in [1.54, 1.807) is 0 Å². The Hall–Kier alpha value is -1.18. The Morgan fingerprint density at radius 3 is 2.83 bits per heavy atom. The number of allylic oxidation sites excluding steroid dienone is 4. The minimum absolute atomic E-state index is 0.0111. The molecule has 1 aliphatic rings. The first-order valence-corrected chi connectivity index (χ1v) is 4.18. The first kappa shape index (κ1) is 8.91. The molecule has 0 aliphatic heterocycles. The van der Waals surface area contributed by atoms with Crippen LogP contribution >= 0.6 is 0 Å². The molecular weight excluding hydrogens is 152 g/mol. The van der Waals surface area contributed by atoms with E-state index in [1.165, 1.54) is 12.2 Å². The van der Waals surface area contributed by atoms with Crippen molar-refractivity contribution < 1.29 is 9.59 Å². The van der Waals surface area contributed by atoms with Crippen molar-refractivity contribution in [2.75, 3.05) is 0 Å². The Bertz CT molecular complexity index is 259. The van der Waals surface area contributed by atoms with Crippen LogP contribution in [-0.2, 0) is 9.59 Å². The minimum Gasteiger partial charge on any atom is -0.294 e. The maximum Gasteiger partial charge on any atom is 0.182 e. The topological polar surface area (TPSA) is 34.1 Å². The van der Waals surface area contributed by atoms with Crippen molar-refractivity contribution in [1.29, 1.82) is 0 Å². The number of rotatable bonds is 2. The van der Waals surface area contributed by atoms with E-state index >= 15 is 0 Å². The molecule has 0 amide bonds. The molecule has 2 heteroatoms. The van der Waals surface area contributed by atoms with Crippen molar-refractivity contribution in [3.63, 3.8) is 0 Å². The van der Waals surface area contributed by atoms with E-state index in [1.807, 2.05) is 13.0 Å². The fourth-order valence-corrected chi connectivity index (χ4v) is 1.10. The highest BCUT2D eigenvalue weighted by Gasteiger charge is 2.14. The molecule has 1 rings (SSSR count). The molecule has 12 heavy (non-hydrogen) atoms. The van der Waals surface area contributed by atoms with E-state index in [9.17, 15) is 9.59 Å². The molecule has 0 aromatic heterocycles. The fraction of sp³-hybridized carbons (Fsp3) is 0.400. The highest BCUT2D eigenvalue weighted by molar-refractivity contribution is 6.14. The highest BCUT2D eigenvalue weighted by atomic mass is 16.1. The van der Waals surface area contributed by atoms with Crippen LogP contribution in [0.4, 0.5) is 0 Å². The highest BCUT2D eigenvalue weighted by Crippen LogP contribution is 2.12. The standard InChI is InChI=1S/C10H12O2/c1-2-3-4-8-7-9(11)5-6-10(8)12/h4-6H,2-3,7H2,1H3. The maximum atomic E-state index is 11.1. The molecule has 2 nitrogen and oxygen atoms in total. The lowest BCUT2D eigenvalue weighted by molar-refractivity contribution is -0.118. The lowest BCUT2D eigenvalue weighted by Gasteiger charge is -2.05. The molecule has 0 radical (unpaired) electrons. The summed E-state index contributed by atoms with van der Waals surface area (Å²) in [5, 5.41) is 0. The zero-order chi connectivity index (χ0) is 8.97. The second kappa shape index (κ2) is 4.00. The van der Waals surface area contributed by atoms with E-state index in [0.29, 0.717) is 5.57 Å². The number of hydrogen-bond donors (Lipinski definition) is 0. The normalized spacial score (nSPS) is 20.6. The van der Waals surface area contributed by atoms with Gasteiger partial charge in [0.15, 0.2) is 11.6 Å². The van der Waals surface area contributed by atoms with Crippen LogP contribution in [0, 0.1) is 0 Å². The molecule has 0 saturated heterocycles. The third-order valence-electron chi connectivity index (χ3n) is 1.78. The molecule has 0 bridgehead atoms. The Morgan fingerprint density at radius 1 is 1.42 bits per heavy atom. The molecule has 0 spiro atoms. The van der Waals surface area contributed by atoms with Crippen molar-refractivity contribution in [1.82, 2.24) is 0 Å². The van der Waals surface area contributed by atoms with Crippen molar-refractivity contribution in [2.24, 2.45) is 0 Å². The van der Waals surface area contributed by atoms with Crippen LogP contribution in [0.1, 0.15) is 26.2 Å². The Kier molecular flexibility index (Phi) is 2.97. The van der Waals surface area contributed by atoms with Gasteiger partial charge < -0.3 is 0 Å². The largest absolute Gasteiger partial charge is 0.294 e. The number of carbonyl (C=O) groups is 2. The zero-order valence-corrected chi connectivity index (χ0v) is 7.17. The Balaban J connectivity index is 2.72. The summed E-state index contributed by atoms with van der Waals surface area (Å²) in [5.41, 5.74) is 0.657. The molecule has 0 unspecified atom stereocenters. The van der Waals surface area contributed by atoms with Gasteiger partial charge in [-0.15, -0.1) is 0 Å². The molecule has 0 fully saturated rings. The third kappa shape index (κ3) is 2.16. The smallest absolute Gasteiger partial charge is 0.182 e. The van der Waals surface area contributed by atoms with Gasteiger partial charge in [0.25, 0.3) is 0 Å². The first-order valence-electron chi connectivity index (χ1n) is 4.18. The van der Waals surface area contributed by atoms with Gasteiger partial charge in [-0.05, 0) is 18.6 Å². The second-order valence-electron chi connectivity index (χ2n) is 2.86. The van der Waals surface area contributed by atoms with Gasteiger partial charge in [-0.1, -0.05) is 19.4 Å². The van der Waals surface area contributed by atoms with Crippen LogP contribution in [-0.4, -0.2) is 11.6 Å². The summed E-state index contributed by atoms with van der Waals surface area (Å²) in [6.45, 7) is 2.04. The molecule has 1 aliphatic carbocycles. The van der Waals surface area contributed by atoms with E-state index in [0.717, 1.165) is 12.8 Å². The molecular formula is C10H12O2. The van der Waals surface area contributed by atoms with Crippen LogP contribution in [0.5, 0.6) is 0 Å². The van der Waals surface area contributed by atoms with Crippen molar-refractivity contribution in [3.05, 3.63) is 23.8 Å². The average molecular weight is 164 g/mol. The van der Waals surface area contributed by atoms with E-state index in [-0.39, 0.29) is 18.0 Å². The Morgan fingerprint density at radius 2 is 2.17 bits per heavy atom. The molecule has 0 N–H and O–H groups in total. The quantitative estimate of drug-likeness (QED) is 0.583. The second-order valence-corrected chi connectivity index (χ2v) is 2.86. The van der Waals surface area contributed by atoms with Gasteiger partial charge in [-0.2, -0.15) is 0 Å². The summed E-state index contributed by atoms with van der Waals surface area (Å²) in [5.74, 6) is 0.0139. The van der Waals surface area contributed by atoms with Crippen LogP contribution in [0.15, 0.2) is 23.8 Å². The number of unbranched alkanes of at least 4 members (excludes halogenated alkanes) is 1. The number of hydrogen-bond acceptors (Lipinski definition) is 2. The molecule has 0 saturated carbocycles. The lowest BCUT2D eigenvalue weighted by atomic mass is 9.97. The van der Waals surface area contributed by atoms with Crippen LogP contribution in [0.25, 0.3) is 0 Å². The molecule has 0 atom stereocenters. The fourth-order valence-electron chi connectivity index (χ4n) is 1.10. The van der Waals surface area contributed by atoms with Gasteiger partial charge in [0.1, 0.15) is 0 Å². The van der Waals surface area contributed by atoms with Crippen LogP contribution in [0.3, 0.4) is 0 Å². The zero-order valence-electron chi connectivity index (χ0n) is 7.17. The lowest BCUT2D eigenvalue weighted by Crippen LogP contribution is -2.10. The Labute approximate surface area is 72.0 Å². The predicted molar refractivity (Wildman–Crippen MR) is 46.8 cm³/mol. The van der Waals surface area contributed by atoms with E-state index in [4.69, 9.17) is 0 Å². The SMILES string of the molecule is CCCC=C1CC(=O)C=CC1=O. The van der Waals surface area contributed by atoms with Gasteiger partial charge in [-0.3, -0.25) is 9.59 Å². The maximum absolute atomic E-state index is 11.1. The van der Waals surface area contributed by atoms with Gasteiger partial charge in [0.2, 0.25) is 0 Å². The monoisotopic (exact) mass is 164 g/mol. The summed E-state index contributed by atoms with van der Waals surface area (Å²) in [6, 6.07) is 0. The van der Waals surface area contributed by atoms with Gasteiger partial charge >= 0.3 is 0 Å². The summed E-state index contributed by atoms with van der Waals surface area (Å²) in [7, 11) is 0. The van der Waals surface area contributed by atoms with Crippen molar-refractivity contribution >= 4 is 11.6 Å². The van der Waals surface area contributed by atoms with E-state index < -0.39 is 0 Å². The van der Waals surface area contributed by atoms with Gasteiger partial charge in [0, 0.05) is 12.0 Å². The minimum atomic E-state index is -0.0111. The molecule has 0 heterocycles. The number of ketones is 2. The van der Waals surface area contributed by atoms with Crippen LogP contribution < -0.4 is 0 Å². The van der Waals surface area contributed by atoms with Gasteiger partial charge in [0.05, 0.1) is 0 Å². The molecule has 0 aromatic carbocycles. The average Bonchev–Trinajstić information content (AvgIpc) is 2.07. The molecule has 64 valence electrons. The van der Waals surface area contributed by atoms with E-state index in [2.05, 4.69) is 0 Å².